The Morgan fingerprint density at radius 3 is 2.46 bits per heavy atom. The van der Waals surface area contributed by atoms with E-state index in [2.05, 4.69) is 20.9 Å². The van der Waals surface area contributed by atoms with Crippen molar-refractivity contribution in [3.63, 3.8) is 0 Å². The lowest BCUT2D eigenvalue weighted by Gasteiger charge is -2.12. The van der Waals surface area contributed by atoms with Crippen LogP contribution in [0, 0.1) is 13.8 Å². The highest BCUT2D eigenvalue weighted by molar-refractivity contribution is 9.10. The first-order chi connectivity index (χ1) is 12.3. The number of rotatable bonds is 7. The van der Waals surface area contributed by atoms with E-state index in [1.165, 1.54) is 0 Å². The van der Waals surface area contributed by atoms with Gasteiger partial charge in [0, 0.05) is 18.5 Å². The number of benzene rings is 1. The molecule has 2 aromatic rings. The Morgan fingerprint density at radius 1 is 1.19 bits per heavy atom. The van der Waals surface area contributed by atoms with Gasteiger partial charge in [0.05, 0.1) is 17.5 Å². The van der Waals surface area contributed by atoms with Crippen LogP contribution in [0.5, 0.6) is 5.75 Å². The summed E-state index contributed by atoms with van der Waals surface area (Å²) in [5.41, 5.74) is 4.08. The molecule has 0 amide bonds. The van der Waals surface area contributed by atoms with Gasteiger partial charge in [-0.1, -0.05) is 18.2 Å². The minimum atomic E-state index is -0.439. The number of carbonyl (C=O) groups is 2. The molecule has 1 aromatic heterocycles. The van der Waals surface area contributed by atoms with Crippen molar-refractivity contribution < 1.29 is 19.4 Å². The zero-order valence-corrected chi connectivity index (χ0v) is 16.7. The summed E-state index contributed by atoms with van der Waals surface area (Å²) in [7, 11) is 0. The van der Waals surface area contributed by atoms with E-state index < -0.39 is 5.97 Å². The van der Waals surface area contributed by atoms with Crippen molar-refractivity contribution in [1.82, 2.24) is 4.98 Å². The fourth-order valence-corrected chi connectivity index (χ4v) is 3.17. The van der Waals surface area contributed by atoms with Crippen LogP contribution in [0.2, 0.25) is 0 Å². The van der Waals surface area contributed by atoms with Crippen molar-refractivity contribution >= 4 is 27.7 Å². The van der Waals surface area contributed by atoms with Crippen molar-refractivity contribution in [2.45, 2.75) is 40.0 Å². The summed E-state index contributed by atoms with van der Waals surface area (Å²) >= 11 is 3.29. The number of aromatic hydroxyl groups is 1. The Bertz CT molecular complexity index is 813. The maximum Gasteiger partial charge on any atom is 0.306 e. The van der Waals surface area contributed by atoms with Crippen molar-refractivity contribution in [3.05, 3.63) is 56.8 Å². The summed E-state index contributed by atoms with van der Waals surface area (Å²) < 4.78 is 5.24. The summed E-state index contributed by atoms with van der Waals surface area (Å²) in [5.74, 6) is -1.03. The zero-order valence-electron chi connectivity index (χ0n) is 15.1. The first-order valence-electron chi connectivity index (χ1n) is 8.45. The molecule has 5 nitrogen and oxygen atoms in total. The smallest absolute Gasteiger partial charge is 0.306 e. The average molecular weight is 420 g/mol. The van der Waals surface area contributed by atoms with Crippen LogP contribution in [0.3, 0.4) is 0 Å². The van der Waals surface area contributed by atoms with Gasteiger partial charge in [0.2, 0.25) is 0 Å². The Morgan fingerprint density at radius 2 is 1.85 bits per heavy atom. The number of halogens is 1. The fourth-order valence-electron chi connectivity index (χ4n) is 2.72. The molecule has 0 saturated carbocycles. The van der Waals surface area contributed by atoms with E-state index in [0.717, 1.165) is 16.7 Å². The second kappa shape index (κ2) is 8.94. The van der Waals surface area contributed by atoms with E-state index in [1.807, 2.05) is 32.0 Å². The largest absolute Gasteiger partial charge is 0.504 e. The predicted molar refractivity (Wildman–Crippen MR) is 103 cm³/mol. The van der Waals surface area contributed by atoms with Crippen LogP contribution in [-0.2, 0) is 16.0 Å². The summed E-state index contributed by atoms with van der Waals surface area (Å²) in [5, 5.41) is 10.2. The number of Topliss-reactive ketones (excluding diaryl/α,β-unsaturated/α-hetero) is 1. The Labute approximate surface area is 161 Å². The molecule has 0 aliphatic heterocycles. The van der Waals surface area contributed by atoms with E-state index >= 15 is 0 Å². The maximum atomic E-state index is 12.4. The van der Waals surface area contributed by atoms with Crippen molar-refractivity contribution in [2.75, 3.05) is 6.61 Å². The molecule has 1 N–H and O–H groups in total. The molecule has 0 unspecified atom stereocenters. The molecule has 0 aliphatic rings. The van der Waals surface area contributed by atoms with Gasteiger partial charge in [0.1, 0.15) is 5.69 Å². The standard InChI is InChI=1S/C20H22BrNO4/c1-4-26-18(24)9-8-17(23)19-20(25)16(21)11-14(22-19)10-15-12(2)6-5-7-13(15)3/h5-7,11,25H,4,8-10H2,1-3H3. The summed E-state index contributed by atoms with van der Waals surface area (Å²) in [6.07, 6.45) is 0.459. The predicted octanol–water partition coefficient (Wildman–Crippen LogP) is 4.28. The third-order valence-corrected chi connectivity index (χ3v) is 4.73. The van der Waals surface area contributed by atoms with E-state index in [1.54, 1.807) is 13.0 Å². The van der Waals surface area contributed by atoms with Gasteiger partial charge in [0.15, 0.2) is 11.5 Å². The molecule has 2 rings (SSSR count). The number of carbonyl (C=O) groups excluding carboxylic acids is 2. The van der Waals surface area contributed by atoms with Crippen LogP contribution in [0.4, 0.5) is 0 Å². The molecular weight excluding hydrogens is 398 g/mol. The van der Waals surface area contributed by atoms with E-state index in [0.29, 0.717) is 16.6 Å². The number of esters is 1. The highest BCUT2D eigenvalue weighted by Crippen LogP contribution is 2.30. The topological polar surface area (TPSA) is 76.5 Å². The highest BCUT2D eigenvalue weighted by atomic mass is 79.9. The zero-order chi connectivity index (χ0) is 19.3. The maximum absolute atomic E-state index is 12.4. The van der Waals surface area contributed by atoms with Crippen LogP contribution < -0.4 is 0 Å². The van der Waals surface area contributed by atoms with Crippen LogP contribution in [0.1, 0.15) is 52.6 Å². The number of hydrogen-bond acceptors (Lipinski definition) is 5. The van der Waals surface area contributed by atoms with Crippen LogP contribution in [0.15, 0.2) is 28.7 Å². The second-order valence-electron chi connectivity index (χ2n) is 6.07. The molecule has 0 spiro atoms. The fraction of sp³-hybridized carbons (Fsp3) is 0.350. The molecule has 26 heavy (non-hydrogen) atoms. The number of hydrogen-bond donors (Lipinski definition) is 1. The molecule has 0 aliphatic carbocycles. The van der Waals surface area contributed by atoms with E-state index in [9.17, 15) is 14.7 Å². The average Bonchev–Trinajstić information content (AvgIpc) is 2.59. The van der Waals surface area contributed by atoms with Gasteiger partial charge in [-0.25, -0.2) is 4.98 Å². The Hall–Kier alpha value is -2.21. The number of ether oxygens (including phenoxy) is 1. The molecule has 1 heterocycles. The first kappa shape index (κ1) is 20.1. The van der Waals surface area contributed by atoms with Gasteiger partial charge in [-0.15, -0.1) is 0 Å². The summed E-state index contributed by atoms with van der Waals surface area (Å²) in [4.78, 5) is 28.2. The quantitative estimate of drug-likeness (QED) is 0.535. The van der Waals surface area contributed by atoms with Gasteiger partial charge in [0.25, 0.3) is 0 Å². The molecule has 0 radical (unpaired) electrons. The van der Waals surface area contributed by atoms with Crippen LogP contribution in [-0.4, -0.2) is 28.4 Å². The molecule has 1 aromatic carbocycles. The third kappa shape index (κ3) is 4.91. The number of ketones is 1. The van der Waals surface area contributed by atoms with Gasteiger partial charge in [-0.05, 0) is 59.5 Å². The highest BCUT2D eigenvalue weighted by Gasteiger charge is 2.19. The van der Waals surface area contributed by atoms with Crippen LogP contribution >= 0.6 is 15.9 Å². The lowest BCUT2D eigenvalue weighted by molar-refractivity contribution is -0.143. The summed E-state index contributed by atoms with van der Waals surface area (Å²) in [6, 6.07) is 7.77. The lowest BCUT2D eigenvalue weighted by atomic mass is 9.98. The number of nitrogens with zero attached hydrogens (tertiary/aromatic N) is 1. The molecule has 0 fully saturated rings. The molecule has 0 saturated heterocycles. The van der Waals surface area contributed by atoms with E-state index in [4.69, 9.17) is 4.74 Å². The number of aryl methyl sites for hydroxylation is 2. The lowest BCUT2D eigenvalue weighted by Crippen LogP contribution is -2.10. The number of aromatic nitrogens is 1. The molecule has 0 bridgehead atoms. The second-order valence-corrected chi connectivity index (χ2v) is 6.92. The van der Waals surface area contributed by atoms with E-state index in [-0.39, 0.29) is 36.7 Å². The van der Waals surface area contributed by atoms with Gasteiger partial charge in [-0.3, -0.25) is 9.59 Å². The van der Waals surface area contributed by atoms with Gasteiger partial charge >= 0.3 is 5.97 Å². The molecule has 0 atom stereocenters. The minimum absolute atomic E-state index is 0.0232. The van der Waals surface area contributed by atoms with Gasteiger partial charge in [-0.2, -0.15) is 0 Å². The summed E-state index contributed by atoms with van der Waals surface area (Å²) in [6.45, 7) is 6.04. The number of pyridine rings is 1. The van der Waals surface area contributed by atoms with Crippen LogP contribution in [0.25, 0.3) is 0 Å². The Kier molecular flexibility index (Phi) is 6.91. The third-order valence-electron chi connectivity index (χ3n) is 4.13. The molecule has 6 heteroatoms. The van der Waals surface area contributed by atoms with Crippen molar-refractivity contribution in [3.8, 4) is 5.75 Å². The van der Waals surface area contributed by atoms with Gasteiger partial charge < -0.3 is 9.84 Å². The SMILES string of the molecule is CCOC(=O)CCC(=O)c1nc(Cc2c(C)cccc2C)cc(Br)c1O. The normalized spacial score (nSPS) is 10.6. The molecule has 138 valence electrons. The molecular formula is C20H22BrNO4. The van der Waals surface area contributed by atoms with Crippen molar-refractivity contribution in [1.29, 1.82) is 0 Å². The first-order valence-corrected chi connectivity index (χ1v) is 9.25. The Balaban J connectivity index is 2.26. The van der Waals surface area contributed by atoms with Crippen molar-refractivity contribution in [2.24, 2.45) is 0 Å². The minimum Gasteiger partial charge on any atom is -0.504 e. The monoisotopic (exact) mass is 419 g/mol.